The highest BCUT2D eigenvalue weighted by Crippen LogP contribution is 2.14. The number of tetrazole rings is 1. The number of hydrogen-bond acceptors (Lipinski definition) is 6. The first-order chi connectivity index (χ1) is 14.1. The van der Waals surface area contributed by atoms with E-state index in [4.69, 9.17) is 4.74 Å². The molecule has 29 heavy (non-hydrogen) atoms. The summed E-state index contributed by atoms with van der Waals surface area (Å²) < 4.78 is 6.63. The van der Waals surface area contributed by atoms with Gasteiger partial charge < -0.3 is 20.7 Å². The summed E-state index contributed by atoms with van der Waals surface area (Å²) in [5.74, 6) is 1.10. The van der Waals surface area contributed by atoms with Crippen molar-refractivity contribution in [1.82, 2.24) is 30.8 Å². The van der Waals surface area contributed by atoms with Crippen LogP contribution in [0.3, 0.4) is 0 Å². The van der Waals surface area contributed by atoms with E-state index in [1.807, 2.05) is 6.07 Å². The highest BCUT2D eigenvalue weighted by molar-refractivity contribution is 5.94. The maximum atomic E-state index is 12.1. The molecule has 1 heterocycles. The SMILES string of the molecule is COc1ccc(C(=O)NCCNC(=O)Nc2cccc(-n3nnnc3C)c2)cc1. The van der Waals surface area contributed by atoms with E-state index in [1.54, 1.807) is 61.2 Å². The van der Waals surface area contributed by atoms with Crippen molar-refractivity contribution in [2.24, 2.45) is 0 Å². The number of rotatable bonds is 7. The predicted octanol–water partition coefficient (Wildman–Crippen LogP) is 1.53. The highest BCUT2D eigenvalue weighted by Gasteiger charge is 2.07. The van der Waals surface area contributed by atoms with Crippen LogP contribution in [0.4, 0.5) is 10.5 Å². The van der Waals surface area contributed by atoms with Crippen LogP contribution in [0, 0.1) is 6.92 Å². The van der Waals surface area contributed by atoms with Gasteiger partial charge in [0.15, 0.2) is 5.82 Å². The van der Waals surface area contributed by atoms with E-state index >= 15 is 0 Å². The summed E-state index contributed by atoms with van der Waals surface area (Å²) in [5, 5.41) is 19.5. The van der Waals surface area contributed by atoms with Gasteiger partial charge in [-0.1, -0.05) is 6.07 Å². The van der Waals surface area contributed by atoms with Crippen LogP contribution in [0.5, 0.6) is 5.75 Å². The number of nitrogens with zero attached hydrogens (tertiary/aromatic N) is 4. The van der Waals surface area contributed by atoms with E-state index < -0.39 is 0 Å². The average Bonchev–Trinajstić information content (AvgIpc) is 3.17. The fourth-order valence-corrected chi connectivity index (χ4v) is 2.56. The second-order valence-corrected chi connectivity index (χ2v) is 6.05. The van der Waals surface area contributed by atoms with E-state index in [0.717, 1.165) is 5.69 Å². The second-order valence-electron chi connectivity index (χ2n) is 6.05. The second kappa shape index (κ2) is 9.31. The zero-order valence-electron chi connectivity index (χ0n) is 16.0. The minimum absolute atomic E-state index is 0.223. The summed E-state index contributed by atoms with van der Waals surface area (Å²) in [4.78, 5) is 24.1. The van der Waals surface area contributed by atoms with E-state index in [9.17, 15) is 9.59 Å². The van der Waals surface area contributed by atoms with Crippen molar-refractivity contribution in [3.63, 3.8) is 0 Å². The standard InChI is InChI=1S/C19H21N7O3/c1-13-23-24-25-26(13)16-5-3-4-15(12-16)22-19(28)21-11-10-20-18(27)14-6-8-17(29-2)9-7-14/h3-9,12H,10-11H2,1-2H3,(H,20,27)(H2,21,22,28). The topological polar surface area (TPSA) is 123 Å². The van der Waals surface area contributed by atoms with Gasteiger partial charge in [0, 0.05) is 24.3 Å². The van der Waals surface area contributed by atoms with Crippen LogP contribution in [0.25, 0.3) is 5.69 Å². The molecule has 2 aromatic carbocycles. The Hall–Kier alpha value is -3.95. The number of carbonyl (C=O) groups excluding carboxylic acids is 2. The van der Waals surface area contributed by atoms with Gasteiger partial charge in [-0.25, -0.2) is 4.79 Å². The predicted molar refractivity (Wildman–Crippen MR) is 106 cm³/mol. The molecular weight excluding hydrogens is 374 g/mol. The van der Waals surface area contributed by atoms with Gasteiger partial charge in [0.05, 0.1) is 12.8 Å². The van der Waals surface area contributed by atoms with Crippen LogP contribution in [0.1, 0.15) is 16.2 Å². The van der Waals surface area contributed by atoms with Gasteiger partial charge in [0.25, 0.3) is 5.91 Å². The minimum atomic E-state index is -0.380. The Kier molecular flexibility index (Phi) is 6.36. The maximum Gasteiger partial charge on any atom is 0.319 e. The molecule has 1 aromatic heterocycles. The van der Waals surface area contributed by atoms with E-state index in [-0.39, 0.29) is 18.5 Å². The lowest BCUT2D eigenvalue weighted by atomic mass is 10.2. The minimum Gasteiger partial charge on any atom is -0.497 e. The summed E-state index contributed by atoms with van der Waals surface area (Å²) in [6.07, 6.45) is 0. The molecule has 0 radical (unpaired) electrons. The first kappa shape index (κ1) is 19.8. The molecule has 0 saturated carbocycles. The summed E-state index contributed by atoms with van der Waals surface area (Å²) in [6, 6.07) is 13.5. The Morgan fingerprint density at radius 3 is 2.52 bits per heavy atom. The molecule has 0 fully saturated rings. The fourth-order valence-electron chi connectivity index (χ4n) is 2.56. The molecule has 3 aromatic rings. The monoisotopic (exact) mass is 395 g/mol. The number of benzene rings is 2. The van der Waals surface area contributed by atoms with E-state index in [0.29, 0.717) is 29.4 Å². The van der Waals surface area contributed by atoms with Crippen molar-refractivity contribution in [3.05, 3.63) is 59.9 Å². The molecular formula is C19H21N7O3. The molecule has 10 nitrogen and oxygen atoms in total. The molecule has 3 N–H and O–H groups in total. The van der Waals surface area contributed by atoms with Gasteiger partial charge in [0.1, 0.15) is 5.75 Å². The number of hydrogen-bond donors (Lipinski definition) is 3. The van der Waals surface area contributed by atoms with Crippen LogP contribution in [0.15, 0.2) is 48.5 Å². The molecule has 0 atom stereocenters. The highest BCUT2D eigenvalue weighted by atomic mass is 16.5. The number of urea groups is 1. The molecule has 0 spiro atoms. The summed E-state index contributed by atoms with van der Waals surface area (Å²) in [6.45, 7) is 2.36. The number of methoxy groups -OCH3 is 1. The molecule has 0 bridgehead atoms. The molecule has 0 unspecified atom stereocenters. The van der Waals surface area contributed by atoms with Crippen LogP contribution >= 0.6 is 0 Å². The van der Waals surface area contributed by atoms with Gasteiger partial charge >= 0.3 is 6.03 Å². The van der Waals surface area contributed by atoms with Crippen molar-refractivity contribution in [2.75, 3.05) is 25.5 Å². The molecule has 0 saturated heterocycles. The third-order valence-corrected chi connectivity index (χ3v) is 4.02. The van der Waals surface area contributed by atoms with Crippen molar-refractivity contribution < 1.29 is 14.3 Å². The lowest BCUT2D eigenvalue weighted by Gasteiger charge is -2.10. The number of amides is 3. The van der Waals surface area contributed by atoms with Crippen LogP contribution in [-0.2, 0) is 0 Å². The van der Waals surface area contributed by atoms with E-state index in [1.165, 1.54) is 0 Å². The smallest absolute Gasteiger partial charge is 0.319 e. The van der Waals surface area contributed by atoms with Crippen molar-refractivity contribution in [3.8, 4) is 11.4 Å². The Labute approximate surface area is 167 Å². The van der Waals surface area contributed by atoms with Crippen LogP contribution < -0.4 is 20.7 Å². The summed E-state index contributed by atoms with van der Waals surface area (Å²) >= 11 is 0. The number of aryl methyl sites for hydroxylation is 1. The number of nitrogens with one attached hydrogen (secondary N) is 3. The Morgan fingerprint density at radius 2 is 1.83 bits per heavy atom. The van der Waals surface area contributed by atoms with Gasteiger partial charge in [-0.2, -0.15) is 4.68 Å². The number of ether oxygens (including phenoxy) is 1. The van der Waals surface area contributed by atoms with E-state index in [2.05, 4.69) is 31.5 Å². The Balaban J connectivity index is 1.44. The number of aromatic nitrogens is 4. The lowest BCUT2D eigenvalue weighted by Crippen LogP contribution is -2.36. The van der Waals surface area contributed by atoms with Crippen LogP contribution in [0.2, 0.25) is 0 Å². The molecule has 3 amide bonds. The molecule has 0 aliphatic carbocycles. The summed E-state index contributed by atoms with van der Waals surface area (Å²) in [7, 11) is 1.56. The number of anilines is 1. The first-order valence-electron chi connectivity index (χ1n) is 8.89. The average molecular weight is 395 g/mol. The third-order valence-electron chi connectivity index (χ3n) is 4.02. The molecule has 0 aliphatic rings. The van der Waals surface area contributed by atoms with Gasteiger partial charge in [-0.3, -0.25) is 4.79 Å². The zero-order chi connectivity index (χ0) is 20.6. The quantitative estimate of drug-likeness (QED) is 0.522. The molecule has 3 rings (SSSR count). The first-order valence-corrected chi connectivity index (χ1v) is 8.89. The Morgan fingerprint density at radius 1 is 1.07 bits per heavy atom. The summed E-state index contributed by atoms with van der Waals surface area (Å²) in [5.41, 5.74) is 1.85. The van der Waals surface area contributed by atoms with Crippen molar-refractivity contribution >= 4 is 17.6 Å². The molecule has 10 heteroatoms. The largest absolute Gasteiger partial charge is 0.497 e. The number of carbonyl (C=O) groups is 2. The molecule has 150 valence electrons. The van der Waals surface area contributed by atoms with Crippen molar-refractivity contribution in [2.45, 2.75) is 6.92 Å². The third kappa shape index (κ3) is 5.28. The van der Waals surface area contributed by atoms with Gasteiger partial charge in [0.2, 0.25) is 0 Å². The molecule has 0 aliphatic heterocycles. The zero-order valence-corrected chi connectivity index (χ0v) is 16.0. The van der Waals surface area contributed by atoms with Crippen molar-refractivity contribution in [1.29, 1.82) is 0 Å². The normalized spacial score (nSPS) is 10.3. The van der Waals surface area contributed by atoms with Crippen LogP contribution in [-0.4, -0.2) is 52.3 Å². The van der Waals surface area contributed by atoms with Gasteiger partial charge in [-0.15, -0.1) is 5.10 Å². The maximum absolute atomic E-state index is 12.1. The van der Waals surface area contributed by atoms with Gasteiger partial charge in [-0.05, 0) is 59.8 Å². The fraction of sp³-hybridized carbons (Fsp3) is 0.211. The Bertz CT molecular complexity index is 985. The lowest BCUT2D eigenvalue weighted by molar-refractivity contribution is 0.0954.